The zero-order valence-electron chi connectivity index (χ0n) is 17.1. The average Bonchev–Trinajstić information content (AvgIpc) is 3.21. The van der Waals surface area contributed by atoms with Crippen molar-refractivity contribution >= 4 is 34.0 Å². The molecule has 9 heteroatoms. The van der Waals surface area contributed by atoms with Gasteiger partial charge in [0, 0.05) is 47.9 Å². The van der Waals surface area contributed by atoms with Crippen molar-refractivity contribution in [1.29, 1.82) is 0 Å². The zero-order valence-corrected chi connectivity index (χ0v) is 17.9. The Balaban J connectivity index is 1.42. The fourth-order valence-electron chi connectivity index (χ4n) is 3.64. The third kappa shape index (κ3) is 4.25. The van der Waals surface area contributed by atoms with E-state index in [0.717, 1.165) is 65.0 Å². The van der Waals surface area contributed by atoms with Crippen LogP contribution in [0.1, 0.15) is 18.1 Å². The first-order chi connectivity index (χ1) is 15.2. The fourth-order valence-corrected chi connectivity index (χ4v) is 4.50. The minimum absolute atomic E-state index is 0.538. The molecule has 4 aromatic rings. The Morgan fingerprint density at radius 1 is 1.16 bits per heavy atom. The van der Waals surface area contributed by atoms with Gasteiger partial charge in [-0.1, -0.05) is 5.16 Å². The highest BCUT2D eigenvalue weighted by Gasteiger charge is 2.13. The van der Waals surface area contributed by atoms with Crippen molar-refractivity contribution in [2.24, 2.45) is 5.16 Å². The van der Waals surface area contributed by atoms with E-state index in [9.17, 15) is 0 Å². The van der Waals surface area contributed by atoms with Gasteiger partial charge in [0.2, 0.25) is 0 Å². The molecule has 1 aliphatic heterocycles. The number of nitrogens with zero attached hydrogens (tertiary/aromatic N) is 6. The Kier molecular flexibility index (Phi) is 5.54. The van der Waals surface area contributed by atoms with E-state index in [1.54, 1.807) is 18.7 Å². The van der Waals surface area contributed by atoms with Crippen LogP contribution in [0.15, 0.2) is 64.0 Å². The molecule has 0 atom stereocenters. The monoisotopic (exact) mass is 434 g/mol. The standard InChI is InChI=1S/C22H22N6O2S/c1-15(26-29)17-2-5-21-24-25-22(28(21)14-17)31-19-3-4-20-18(11-19)10-16(12-23-20)13-27-6-8-30-9-7-27/h2-5,10-12,14,29H,6-9,13H2,1H3/b26-15-. The second-order valence-electron chi connectivity index (χ2n) is 7.50. The number of aromatic nitrogens is 4. The molecule has 0 unspecified atom stereocenters. The topological polar surface area (TPSA) is 88.1 Å². The molecule has 0 radical (unpaired) electrons. The van der Waals surface area contributed by atoms with Crippen molar-refractivity contribution in [2.75, 3.05) is 26.3 Å². The van der Waals surface area contributed by atoms with Gasteiger partial charge in [-0.2, -0.15) is 0 Å². The van der Waals surface area contributed by atoms with Crippen LogP contribution in [0, 0.1) is 0 Å². The number of hydrogen-bond donors (Lipinski definition) is 1. The van der Waals surface area contributed by atoms with Crippen LogP contribution < -0.4 is 0 Å². The van der Waals surface area contributed by atoms with Crippen LogP contribution in [0.25, 0.3) is 16.6 Å². The van der Waals surface area contributed by atoms with Crippen molar-refractivity contribution < 1.29 is 9.94 Å². The van der Waals surface area contributed by atoms with E-state index in [-0.39, 0.29) is 0 Å². The molecule has 1 aromatic carbocycles. The van der Waals surface area contributed by atoms with Gasteiger partial charge in [-0.05, 0) is 60.6 Å². The maximum atomic E-state index is 9.07. The van der Waals surface area contributed by atoms with Gasteiger partial charge in [0.1, 0.15) is 0 Å². The van der Waals surface area contributed by atoms with Crippen LogP contribution in [-0.4, -0.2) is 61.7 Å². The molecule has 1 fully saturated rings. The maximum Gasteiger partial charge on any atom is 0.200 e. The van der Waals surface area contributed by atoms with Crippen LogP contribution in [0.2, 0.25) is 0 Å². The largest absolute Gasteiger partial charge is 0.411 e. The predicted molar refractivity (Wildman–Crippen MR) is 119 cm³/mol. The number of oxime groups is 1. The molecule has 0 saturated carbocycles. The summed E-state index contributed by atoms with van der Waals surface area (Å²) in [7, 11) is 0. The lowest BCUT2D eigenvalue weighted by Gasteiger charge is -2.26. The number of benzene rings is 1. The van der Waals surface area contributed by atoms with Crippen molar-refractivity contribution in [1.82, 2.24) is 24.5 Å². The lowest BCUT2D eigenvalue weighted by atomic mass is 10.1. The van der Waals surface area contributed by atoms with Crippen LogP contribution in [0.5, 0.6) is 0 Å². The van der Waals surface area contributed by atoms with Crippen LogP contribution in [0.3, 0.4) is 0 Å². The molecular formula is C22H22N6O2S. The van der Waals surface area contributed by atoms with Gasteiger partial charge in [0.15, 0.2) is 10.8 Å². The lowest BCUT2D eigenvalue weighted by Crippen LogP contribution is -2.35. The predicted octanol–water partition coefficient (Wildman–Crippen LogP) is 3.46. The first-order valence-corrected chi connectivity index (χ1v) is 10.9. The molecule has 3 aromatic heterocycles. The van der Waals surface area contributed by atoms with Gasteiger partial charge in [-0.15, -0.1) is 10.2 Å². The highest BCUT2D eigenvalue weighted by atomic mass is 32.2. The molecule has 0 bridgehead atoms. The molecule has 158 valence electrons. The van der Waals surface area contributed by atoms with Gasteiger partial charge in [0.25, 0.3) is 0 Å². The third-order valence-electron chi connectivity index (χ3n) is 5.37. The Bertz CT molecular complexity index is 1270. The van der Waals surface area contributed by atoms with E-state index in [1.165, 1.54) is 5.56 Å². The molecule has 0 aliphatic carbocycles. The Morgan fingerprint density at radius 3 is 2.87 bits per heavy atom. The van der Waals surface area contributed by atoms with E-state index < -0.39 is 0 Å². The maximum absolute atomic E-state index is 9.07. The summed E-state index contributed by atoms with van der Waals surface area (Å²) in [5.41, 5.74) is 4.27. The number of hydrogen-bond acceptors (Lipinski definition) is 8. The summed E-state index contributed by atoms with van der Waals surface area (Å²) >= 11 is 1.54. The summed E-state index contributed by atoms with van der Waals surface area (Å²) in [6.45, 7) is 6.13. The Hall–Kier alpha value is -3.01. The first-order valence-electron chi connectivity index (χ1n) is 10.1. The molecule has 8 nitrogen and oxygen atoms in total. The number of morpholine rings is 1. The SMILES string of the molecule is C/C(=N/O)c1ccc2nnc(Sc3ccc4ncc(CN5CCOCC5)cc4c3)n2c1. The second kappa shape index (κ2) is 8.62. The van der Waals surface area contributed by atoms with Crippen molar-refractivity contribution in [3.63, 3.8) is 0 Å². The van der Waals surface area contributed by atoms with Crippen molar-refractivity contribution in [3.8, 4) is 0 Å². The molecular weight excluding hydrogens is 412 g/mol. The number of rotatable bonds is 5. The van der Waals surface area contributed by atoms with Crippen molar-refractivity contribution in [2.45, 2.75) is 23.5 Å². The highest BCUT2D eigenvalue weighted by Crippen LogP contribution is 2.29. The molecule has 0 spiro atoms. The third-order valence-corrected chi connectivity index (χ3v) is 6.32. The summed E-state index contributed by atoms with van der Waals surface area (Å²) in [5.74, 6) is 0. The van der Waals surface area contributed by atoms with Gasteiger partial charge in [-0.25, -0.2) is 0 Å². The van der Waals surface area contributed by atoms with Gasteiger partial charge in [0.05, 0.1) is 24.4 Å². The fraction of sp³-hybridized carbons (Fsp3) is 0.273. The van der Waals surface area contributed by atoms with Crippen molar-refractivity contribution in [3.05, 3.63) is 59.9 Å². The molecule has 4 heterocycles. The average molecular weight is 435 g/mol. The molecule has 5 rings (SSSR count). The van der Waals surface area contributed by atoms with E-state index in [1.807, 2.05) is 41.1 Å². The van der Waals surface area contributed by atoms with E-state index in [0.29, 0.717) is 5.71 Å². The molecule has 1 N–H and O–H groups in total. The van der Waals surface area contributed by atoms with Crippen LogP contribution in [0.4, 0.5) is 0 Å². The van der Waals surface area contributed by atoms with Gasteiger partial charge >= 0.3 is 0 Å². The highest BCUT2D eigenvalue weighted by molar-refractivity contribution is 7.99. The minimum Gasteiger partial charge on any atom is -0.411 e. The minimum atomic E-state index is 0.538. The lowest BCUT2D eigenvalue weighted by molar-refractivity contribution is 0.0341. The molecule has 1 saturated heterocycles. The van der Waals surface area contributed by atoms with E-state index >= 15 is 0 Å². The van der Waals surface area contributed by atoms with Crippen LogP contribution >= 0.6 is 11.8 Å². The summed E-state index contributed by atoms with van der Waals surface area (Å²) in [6.07, 6.45) is 3.85. The Labute approximate surface area is 183 Å². The number of pyridine rings is 2. The Morgan fingerprint density at radius 2 is 2.03 bits per heavy atom. The zero-order chi connectivity index (χ0) is 21.2. The summed E-state index contributed by atoms with van der Waals surface area (Å²) in [6, 6.07) is 12.2. The first kappa shape index (κ1) is 19.9. The second-order valence-corrected chi connectivity index (χ2v) is 8.54. The number of ether oxygens (including phenoxy) is 1. The van der Waals surface area contributed by atoms with Gasteiger partial charge in [-0.3, -0.25) is 14.3 Å². The normalized spacial score (nSPS) is 15.7. The van der Waals surface area contributed by atoms with Crippen LogP contribution in [-0.2, 0) is 11.3 Å². The molecule has 31 heavy (non-hydrogen) atoms. The summed E-state index contributed by atoms with van der Waals surface area (Å²) in [4.78, 5) is 8.09. The quantitative estimate of drug-likeness (QED) is 0.292. The summed E-state index contributed by atoms with van der Waals surface area (Å²) in [5, 5.41) is 22.8. The summed E-state index contributed by atoms with van der Waals surface area (Å²) < 4.78 is 7.35. The smallest absolute Gasteiger partial charge is 0.200 e. The van der Waals surface area contributed by atoms with E-state index in [2.05, 4.69) is 37.4 Å². The number of fused-ring (bicyclic) bond motifs is 2. The molecule has 1 aliphatic rings. The van der Waals surface area contributed by atoms with Gasteiger partial charge < -0.3 is 9.94 Å². The molecule has 0 amide bonds. The van der Waals surface area contributed by atoms with E-state index in [4.69, 9.17) is 9.94 Å².